The first-order valence-electron chi connectivity index (χ1n) is 8.78. The number of hydrogen-bond acceptors (Lipinski definition) is 3. The zero-order chi connectivity index (χ0) is 19.5. The van der Waals surface area contributed by atoms with Gasteiger partial charge in [-0.15, -0.1) is 24.0 Å². The molecule has 0 atom stereocenters. The Morgan fingerprint density at radius 2 is 2.07 bits per heavy atom. The van der Waals surface area contributed by atoms with Crippen molar-refractivity contribution in [1.29, 1.82) is 0 Å². The van der Waals surface area contributed by atoms with Gasteiger partial charge < -0.3 is 15.4 Å². The number of nitrogens with zero attached hydrogens (tertiary/aromatic N) is 3. The van der Waals surface area contributed by atoms with E-state index in [9.17, 15) is 13.2 Å². The Hall–Kier alpha value is -1.98. The number of benzene rings is 1. The molecule has 1 aromatic heterocycles. The summed E-state index contributed by atoms with van der Waals surface area (Å²) in [5.41, 5.74) is -0.722. The molecule has 0 amide bonds. The highest BCUT2D eigenvalue weighted by atomic mass is 127. The van der Waals surface area contributed by atoms with Gasteiger partial charge in [-0.05, 0) is 37.6 Å². The van der Waals surface area contributed by atoms with Crippen molar-refractivity contribution in [3.05, 3.63) is 48.3 Å². The van der Waals surface area contributed by atoms with Crippen molar-refractivity contribution in [1.82, 2.24) is 20.4 Å². The number of ether oxygens (including phenoxy) is 1. The first-order chi connectivity index (χ1) is 13.0. The molecule has 0 aliphatic carbocycles. The number of rotatable bonds is 9. The van der Waals surface area contributed by atoms with Gasteiger partial charge in [0.25, 0.3) is 0 Å². The van der Waals surface area contributed by atoms with Crippen LogP contribution in [0.4, 0.5) is 13.2 Å². The molecule has 2 aromatic rings. The number of aliphatic imine (C=N–C) groups is 1. The maximum atomic E-state index is 12.7. The van der Waals surface area contributed by atoms with E-state index in [1.54, 1.807) is 6.20 Å². The van der Waals surface area contributed by atoms with Crippen molar-refractivity contribution < 1.29 is 17.9 Å². The van der Waals surface area contributed by atoms with E-state index in [-0.39, 0.29) is 36.3 Å². The summed E-state index contributed by atoms with van der Waals surface area (Å²) in [6, 6.07) is 6.72. The topological polar surface area (TPSA) is 63.5 Å². The van der Waals surface area contributed by atoms with E-state index >= 15 is 0 Å². The van der Waals surface area contributed by atoms with Crippen molar-refractivity contribution in [3.8, 4) is 5.75 Å². The third kappa shape index (κ3) is 8.81. The summed E-state index contributed by atoms with van der Waals surface area (Å²) in [6.07, 6.45) is 0.106. The van der Waals surface area contributed by atoms with Crippen LogP contribution >= 0.6 is 24.0 Å². The molecule has 28 heavy (non-hydrogen) atoms. The lowest BCUT2D eigenvalue weighted by Crippen LogP contribution is -2.39. The molecule has 1 heterocycles. The lowest BCUT2D eigenvalue weighted by atomic mass is 10.2. The highest BCUT2D eigenvalue weighted by molar-refractivity contribution is 14.0. The second-order valence-electron chi connectivity index (χ2n) is 5.68. The summed E-state index contributed by atoms with van der Waals surface area (Å²) in [5.74, 6) is 0.832. The van der Waals surface area contributed by atoms with Crippen molar-refractivity contribution >= 4 is 29.9 Å². The maximum Gasteiger partial charge on any atom is 0.416 e. The smallest absolute Gasteiger partial charge is 0.416 e. The van der Waals surface area contributed by atoms with Crippen LogP contribution in [0, 0.1) is 0 Å². The van der Waals surface area contributed by atoms with Gasteiger partial charge in [-0.2, -0.15) is 18.3 Å². The van der Waals surface area contributed by atoms with Crippen LogP contribution in [0.2, 0.25) is 0 Å². The maximum absolute atomic E-state index is 12.7. The zero-order valence-electron chi connectivity index (χ0n) is 15.6. The fourth-order valence-corrected chi connectivity index (χ4v) is 2.30. The molecule has 0 aliphatic rings. The molecular weight excluding hydrogens is 486 g/mol. The van der Waals surface area contributed by atoms with Crippen LogP contribution in [-0.2, 0) is 12.7 Å². The predicted octanol–water partition coefficient (Wildman–Crippen LogP) is 3.54. The quantitative estimate of drug-likeness (QED) is 0.234. The number of aromatic nitrogens is 2. The number of hydrogen-bond donors (Lipinski definition) is 2. The number of alkyl halides is 3. The minimum Gasteiger partial charge on any atom is -0.492 e. The van der Waals surface area contributed by atoms with E-state index in [0.29, 0.717) is 25.6 Å². The van der Waals surface area contributed by atoms with Gasteiger partial charge in [0.2, 0.25) is 0 Å². The standard InChI is InChI=1S/C18H24F3N5O.HI/c1-2-22-17(23-8-4-11-26-12-5-9-25-26)24-10-13-27-16-7-3-6-15(14-16)18(19,20)21;/h3,5-7,9,12,14H,2,4,8,10-11,13H2,1H3,(H2,22,23,24);1H. The van der Waals surface area contributed by atoms with E-state index in [0.717, 1.165) is 25.1 Å². The zero-order valence-corrected chi connectivity index (χ0v) is 17.9. The molecule has 0 unspecified atom stereocenters. The Morgan fingerprint density at radius 3 is 2.75 bits per heavy atom. The van der Waals surface area contributed by atoms with Crippen LogP contribution in [0.15, 0.2) is 47.7 Å². The highest BCUT2D eigenvalue weighted by Crippen LogP contribution is 2.31. The molecule has 0 radical (unpaired) electrons. The van der Waals surface area contributed by atoms with Crippen LogP contribution in [0.5, 0.6) is 5.75 Å². The summed E-state index contributed by atoms with van der Waals surface area (Å²) >= 11 is 0. The number of halogens is 4. The predicted molar refractivity (Wildman–Crippen MR) is 113 cm³/mol. The summed E-state index contributed by atoms with van der Waals surface area (Å²) in [4.78, 5) is 4.45. The van der Waals surface area contributed by atoms with Crippen LogP contribution in [0.1, 0.15) is 18.9 Å². The molecule has 6 nitrogen and oxygen atoms in total. The molecule has 1 aromatic carbocycles. The Kier molecular flexibility index (Phi) is 10.7. The largest absolute Gasteiger partial charge is 0.492 e. The molecule has 10 heteroatoms. The van der Waals surface area contributed by atoms with Gasteiger partial charge in [0.15, 0.2) is 5.96 Å². The Bertz CT molecular complexity index is 707. The molecule has 2 rings (SSSR count). The Balaban J connectivity index is 0.00000392. The summed E-state index contributed by atoms with van der Waals surface area (Å²) in [5, 5.41) is 10.3. The first kappa shape index (κ1) is 24.1. The Labute approximate surface area is 179 Å². The summed E-state index contributed by atoms with van der Waals surface area (Å²) < 4.78 is 45.3. The van der Waals surface area contributed by atoms with Crippen LogP contribution < -0.4 is 15.4 Å². The van der Waals surface area contributed by atoms with E-state index in [1.807, 2.05) is 23.9 Å². The van der Waals surface area contributed by atoms with Gasteiger partial charge >= 0.3 is 6.18 Å². The third-order valence-electron chi connectivity index (χ3n) is 3.54. The fraction of sp³-hybridized carbons (Fsp3) is 0.444. The minimum absolute atomic E-state index is 0. The second kappa shape index (κ2) is 12.5. The molecule has 156 valence electrons. The normalized spacial score (nSPS) is 11.6. The third-order valence-corrected chi connectivity index (χ3v) is 3.54. The number of aryl methyl sites for hydroxylation is 1. The molecule has 0 spiro atoms. The van der Waals surface area contributed by atoms with Gasteiger partial charge in [0, 0.05) is 32.0 Å². The van der Waals surface area contributed by atoms with E-state index in [4.69, 9.17) is 4.74 Å². The summed E-state index contributed by atoms with van der Waals surface area (Å²) in [7, 11) is 0. The highest BCUT2D eigenvalue weighted by Gasteiger charge is 2.30. The second-order valence-corrected chi connectivity index (χ2v) is 5.68. The molecule has 0 saturated heterocycles. The molecule has 0 fully saturated rings. The van der Waals surface area contributed by atoms with Crippen molar-refractivity contribution in [2.45, 2.75) is 26.1 Å². The molecule has 0 saturated carbocycles. The molecule has 2 N–H and O–H groups in total. The van der Waals surface area contributed by atoms with Crippen molar-refractivity contribution in [2.24, 2.45) is 4.99 Å². The van der Waals surface area contributed by atoms with Crippen molar-refractivity contribution in [2.75, 3.05) is 26.2 Å². The van der Waals surface area contributed by atoms with Gasteiger partial charge in [-0.25, -0.2) is 0 Å². The van der Waals surface area contributed by atoms with Gasteiger partial charge in [-0.1, -0.05) is 6.07 Å². The molecule has 0 aliphatic heterocycles. The lowest BCUT2D eigenvalue weighted by molar-refractivity contribution is -0.137. The van der Waals surface area contributed by atoms with Gasteiger partial charge in [0.05, 0.1) is 12.1 Å². The average molecular weight is 511 g/mol. The van der Waals surface area contributed by atoms with E-state index < -0.39 is 11.7 Å². The minimum atomic E-state index is -4.38. The first-order valence-corrected chi connectivity index (χ1v) is 8.78. The average Bonchev–Trinajstić information content (AvgIpc) is 3.15. The van der Waals surface area contributed by atoms with E-state index in [2.05, 4.69) is 20.7 Å². The lowest BCUT2D eigenvalue weighted by Gasteiger charge is -2.13. The number of guanidine groups is 1. The fourth-order valence-electron chi connectivity index (χ4n) is 2.30. The Morgan fingerprint density at radius 1 is 1.25 bits per heavy atom. The van der Waals surface area contributed by atoms with Crippen LogP contribution in [0.3, 0.4) is 0 Å². The molecule has 0 bridgehead atoms. The molecular formula is C18H25F3IN5O. The van der Waals surface area contributed by atoms with Crippen LogP contribution in [-0.4, -0.2) is 42.0 Å². The summed E-state index contributed by atoms with van der Waals surface area (Å²) in [6.45, 7) is 4.72. The monoisotopic (exact) mass is 511 g/mol. The number of nitrogens with one attached hydrogen (secondary N) is 2. The SMILES string of the molecule is CCNC(=NCCCn1cccn1)NCCOc1cccc(C(F)(F)F)c1.I. The van der Waals surface area contributed by atoms with E-state index in [1.165, 1.54) is 12.1 Å². The van der Waals surface area contributed by atoms with Gasteiger partial charge in [0.1, 0.15) is 12.4 Å². The van der Waals surface area contributed by atoms with Crippen LogP contribution in [0.25, 0.3) is 0 Å². The van der Waals surface area contributed by atoms with Crippen molar-refractivity contribution in [3.63, 3.8) is 0 Å². The van der Waals surface area contributed by atoms with Gasteiger partial charge in [-0.3, -0.25) is 9.67 Å².